The minimum absolute atomic E-state index is 0.0137. The summed E-state index contributed by atoms with van der Waals surface area (Å²) < 4.78 is 41.7. The van der Waals surface area contributed by atoms with Crippen LogP contribution in [-0.2, 0) is 13.2 Å². The van der Waals surface area contributed by atoms with E-state index >= 15 is 0 Å². The standard InChI is InChI=1S/C18H20F3N7O2/c1-27-9-12(15(26-27)18(19,20)21)24-17(30)10-8-22-28-7-6-14(25-16(10)28)23-11-4-2-3-5-13(11)29/h6-9,11,13,29H,2-5H2,1H3,(H,23,25)(H,24,30)/t11-,13?/m0/s1. The fourth-order valence-electron chi connectivity index (χ4n) is 3.56. The fraction of sp³-hybridized carbons (Fsp3) is 0.444. The molecule has 3 aromatic heterocycles. The number of carbonyl (C=O) groups excluding carboxylic acids is 1. The Balaban J connectivity index is 1.59. The van der Waals surface area contributed by atoms with Crippen LogP contribution in [0.1, 0.15) is 41.7 Å². The first-order valence-electron chi connectivity index (χ1n) is 9.43. The molecule has 1 amide bonds. The highest BCUT2D eigenvalue weighted by Gasteiger charge is 2.38. The Hall–Kier alpha value is -3.15. The van der Waals surface area contributed by atoms with Gasteiger partial charge in [-0.15, -0.1) is 0 Å². The van der Waals surface area contributed by atoms with Crippen LogP contribution in [0.2, 0.25) is 0 Å². The SMILES string of the molecule is Cn1cc(NC(=O)c2cnn3ccc(N[C@H]4CCCCC4O)nc23)c(C(F)(F)F)n1. The van der Waals surface area contributed by atoms with Crippen molar-refractivity contribution in [3.05, 3.63) is 35.9 Å². The van der Waals surface area contributed by atoms with E-state index in [1.165, 1.54) is 17.8 Å². The molecule has 4 rings (SSSR count). The van der Waals surface area contributed by atoms with Gasteiger partial charge >= 0.3 is 6.18 Å². The zero-order valence-electron chi connectivity index (χ0n) is 16.0. The number of fused-ring (bicyclic) bond motifs is 1. The van der Waals surface area contributed by atoms with Gasteiger partial charge in [0.2, 0.25) is 0 Å². The van der Waals surface area contributed by atoms with Crippen molar-refractivity contribution in [3.8, 4) is 0 Å². The van der Waals surface area contributed by atoms with Crippen LogP contribution in [0.4, 0.5) is 24.7 Å². The number of rotatable bonds is 4. The second-order valence-electron chi connectivity index (χ2n) is 7.26. The van der Waals surface area contributed by atoms with Gasteiger partial charge in [-0.2, -0.15) is 23.4 Å². The summed E-state index contributed by atoms with van der Waals surface area (Å²) in [7, 11) is 1.33. The third-order valence-electron chi connectivity index (χ3n) is 5.02. The maximum Gasteiger partial charge on any atom is 0.437 e. The molecule has 3 heterocycles. The molecular formula is C18H20F3N7O2. The number of halogens is 3. The van der Waals surface area contributed by atoms with E-state index in [4.69, 9.17) is 0 Å². The minimum atomic E-state index is -4.71. The number of hydrogen-bond donors (Lipinski definition) is 3. The Kier molecular flexibility index (Phi) is 5.10. The highest BCUT2D eigenvalue weighted by atomic mass is 19.4. The molecule has 12 heteroatoms. The molecule has 9 nitrogen and oxygen atoms in total. The molecule has 1 fully saturated rings. The fourth-order valence-corrected chi connectivity index (χ4v) is 3.56. The average molecular weight is 423 g/mol. The van der Waals surface area contributed by atoms with Crippen LogP contribution in [0.3, 0.4) is 0 Å². The predicted octanol–water partition coefficient (Wildman–Crippen LogP) is 2.45. The van der Waals surface area contributed by atoms with Crippen LogP contribution in [0.15, 0.2) is 24.7 Å². The van der Waals surface area contributed by atoms with Crippen molar-refractivity contribution in [1.82, 2.24) is 24.4 Å². The topological polar surface area (TPSA) is 109 Å². The number of aryl methyl sites for hydroxylation is 1. The lowest BCUT2D eigenvalue weighted by Gasteiger charge is -2.28. The maximum atomic E-state index is 13.1. The first-order valence-corrected chi connectivity index (χ1v) is 9.43. The summed E-state index contributed by atoms with van der Waals surface area (Å²) in [5, 5.41) is 22.9. The van der Waals surface area contributed by atoms with Gasteiger partial charge in [0.15, 0.2) is 11.3 Å². The minimum Gasteiger partial charge on any atom is -0.391 e. The summed E-state index contributed by atoms with van der Waals surface area (Å²) in [6.45, 7) is 0. The molecule has 1 unspecified atom stereocenters. The smallest absolute Gasteiger partial charge is 0.391 e. The van der Waals surface area contributed by atoms with E-state index in [0.29, 0.717) is 12.2 Å². The van der Waals surface area contributed by atoms with Crippen molar-refractivity contribution in [2.24, 2.45) is 7.05 Å². The van der Waals surface area contributed by atoms with Gasteiger partial charge < -0.3 is 15.7 Å². The van der Waals surface area contributed by atoms with Crippen LogP contribution in [0.5, 0.6) is 0 Å². The molecule has 0 bridgehead atoms. The Labute approximate surface area is 168 Å². The van der Waals surface area contributed by atoms with Gasteiger partial charge in [0, 0.05) is 19.4 Å². The lowest BCUT2D eigenvalue weighted by Crippen LogP contribution is -2.36. The number of aromatic nitrogens is 5. The summed E-state index contributed by atoms with van der Waals surface area (Å²) in [5.41, 5.74) is -1.44. The van der Waals surface area contributed by atoms with E-state index < -0.39 is 29.6 Å². The second-order valence-corrected chi connectivity index (χ2v) is 7.26. The Bertz CT molecular complexity index is 1080. The van der Waals surface area contributed by atoms with Crippen molar-refractivity contribution in [2.75, 3.05) is 10.6 Å². The highest BCUT2D eigenvalue weighted by molar-refractivity contribution is 6.08. The molecule has 3 aromatic rings. The van der Waals surface area contributed by atoms with Crippen molar-refractivity contribution >= 4 is 23.1 Å². The lowest BCUT2D eigenvalue weighted by molar-refractivity contribution is -0.140. The largest absolute Gasteiger partial charge is 0.437 e. The molecule has 0 spiro atoms. The number of aliphatic hydroxyl groups is 1. The van der Waals surface area contributed by atoms with Crippen LogP contribution in [0.25, 0.3) is 5.65 Å². The first kappa shape index (κ1) is 20.1. The van der Waals surface area contributed by atoms with Crippen molar-refractivity contribution in [3.63, 3.8) is 0 Å². The molecule has 3 N–H and O–H groups in total. The van der Waals surface area contributed by atoms with E-state index in [-0.39, 0.29) is 17.3 Å². The van der Waals surface area contributed by atoms with Crippen molar-refractivity contribution in [2.45, 2.75) is 44.0 Å². The van der Waals surface area contributed by atoms with Gasteiger partial charge in [0.25, 0.3) is 5.91 Å². The first-order chi connectivity index (χ1) is 14.2. The van der Waals surface area contributed by atoms with Gasteiger partial charge in [-0.3, -0.25) is 9.48 Å². The molecule has 1 aliphatic rings. The summed E-state index contributed by atoms with van der Waals surface area (Å²) >= 11 is 0. The Morgan fingerprint density at radius 2 is 2.07 bits per heavy atom. The third kappa shape index (κ3) is 3.95. The Morgan fingerprint density at radius 3 is 2.80 bits per heavy atom. The number of nitrogens with one attached hydrogen (secondary N) is 2. The Morgan fingerprint density at radius 1 is 1.30 bits per heavy atom. The van der Waals surface area contributed by atoms with Crippen molar-refractivity contribution < 1.29 is 23.1 Å². The number of amides is 1. The normalized spacial score (nSPS) is 19.8. The highest BCUT2D eigenvalue weighted by Crippen LogP contribution is 2.33. The third-order valence-corrected chi connectivity index (χ3v) is 5.02. The molecule has 0 aliphatic heterocycles. The van der Waals surface area contributed by atoms with Gasteiger partial charge in [-0.1, -0.05) is 12.8 Å². The van der Waals surface area contributed by atoms with Crippen LogP contribution in [0, 0.1) is 0 Å². The lowest BCUT2D eigenvalue weighted by atomic mass is 9.93. The van der Waals surface area contributed by atoms with Crippen LogP contribution < -0.4 is 10.6 Å². The molecule has 0 aromatic carbocycles. The molecule has 1 aliphatic carbocycles. The summed E-state index contributed by atoms with van der Waals surface area (Å²) in [4.78, 5) is 17.0. The summed E-state index contributed by atoms with van der Waals surface area (Å²) in [5.74, 6) is -0.341. The monoisotopic (exact) mass is 423 g/mol. The van der Waals surface area contributed by atoms with Gasteiger partial charge in [-0.25, -0.2) is 9.50 Å². The van der Waals surface area contributed by atoms with E-state index in [1.54, 1.807) is 12.3 Å². The number of alkyl halides is 3. The molecule has 30 heavy (non-hydrogen) atoms. The second kappa shape index (κ2) is 7.59. The van der Waals surface area contributed by atoms with Crippen LogP contribution in [-0.4, -0.2) is 47.5 Å². The van der Waals surface area contributed by atoms with Crippen molar-refractivity contribution in [1.29, 1.82) is 0 Å². The number of anilines is 2. The predicted molar refractivity (Wildman–Crippen MR) is 101 cm³/mol. The van der Waals surface area contributed by atoms with Gasteiger partial charge in [-0.05, 0) is 18.9 Å². The molecule has 2 atom stereocenters. The van der Waals surface area contributed by atoms with Crippen LogP contribution >= 0.6 is 0 Å². The van der Waals surface area contributed by atoms with E-state index in [9.17, 15) is 23.1 Å². The molecule has 1 saturated carbocycles. The number of hydrogen-bond acceptors (Lipinski definition) is 6. The molecule has 0 saturated heterocycles. The van der Waals surface area contributed by atoms with Gasteiger partial charge in [0.05, 0.1) is 24.0 Å². The quantitative estimate of drug-likeness (QED) is 0.595. The van der Waals surface area contributed by atoms with E-state index in [2.05, 4.69) is 25.8 Å². The number of aliphatic hydroxyl groups excluding tert-OH is 1. The molecule has 0 radical (unpaired) electrons. The summed E-state index contributed by atoms with van der Waals surface area (Å²) in [6.07, 6.45) is 2.16. The number of nitrogens with zero attached hydrogens (tertiary/aromatic N) is 5. The summed E-state index contributed by atoms with van der Waals surface area (Å²) in [6, 6.07) is 1.50. The zero-order chi connectivity index (χ0) is 21.5. The number of carbonyl (C=O) groups is 1. The van der Waals surface area contributed by atoms with Gasteiger partial charge in [0.1, 0.15) is 11.4 Å². The maximum absolute atomic E-state index is 13.1. The molecule has 160 valence electrons. The van der Waals surface area contributed by atoms with E-state index in [1.807, 2.05) is 0 Å². The average Bonchev–Trinajstić information content (AvgIpc) is 3.26. The zero-order valence-corrected chi connectivity index (χ0v) is 16.0. The van der Waals surface area contributed by atoms with E-state index in [0.717, 1.165) is 30.1 Å². The molecular weight excluding hydrogens is 403 g/mol.